The van der Waals surface area contributed by atoms with Crippen LogP contribution < -0.4 is 0 Å². The van der Waals surface area contributed by atoms with Gasteiger partial charge in [-0.2, -0.15) is 0 Å². The summed E-state index contributed by atoms with van der Waals surface area (Å²) < 4.78 is 9.51. The van der Waals surface area contributed by atoms with Gasteiger partial charge in [-0.3, -0.25) is 4.79 Å². The third-order valence-corrected chi connectivity index (χ3v) is 2.92. The van der Waals surface area contributed by atoms with Crippen molar-refractivity contribution in [3.05, 3.63) is 0 Å². The molecule has 0 N–H and O–H groups in total. The zero-order chi connectivity index (χ0) is 13.4. The predicted octanol–water partition coefficient (Wildman–Crippen LogP) is 0.146. The maximum atomic E-state index is 11.5. The normalized spacial score (nSPS) is 19.1. The molecule has 1 saturated heterocycles. The minimum atomic E-state index is -0.397. The Labute approximate surface area is 106 Å². The van der Waals surface area contributed by atoms with Crippen molar-refractivity contribution < 1.29 is 23.9 Å². The Morgan fingerprint density at radius 2 is 2.28 bits per heavy atom. The van der Waals surface area contributed by atoms with Crippen LogP contribution in [0.1, 0.15) is 25.7 Å². The zero-order valence-electron chi connectivity index (χ0n) is 10.6. The lowest BCUT2D eigenvalue weighted by atomic mass is 10.2. The number of methoxy groups -OCH3 is 1. The summed E-state index contributed by atoms with van der Waals surface area (Å²) in [6, 6.07) is -0.256. The van der Waals surface area contributed by atoms with Crippen LogP contribution in [0.25, 0.3) is 0 Å². The maximum absolute atomic E-state index is 11.5. The molecule has 18 heavy (non-hydrogen) atoms. The van der Waals surface area contributed by atoms with Gasteiger partial charge in [0.1, 0.15) is 12.9 Å². The maximum Gasteiger partial charge on any atom is 0.331 e. The fourth-order valence-electron chi connectivity index (χ4n) is 1.89. The number of likely N-dealkylation sites (tertiary alicyclic amines) is 1. The molecule has 0 aromatic heterocycles. The largest absolute Gasteiger partial charge is 0.467 e. The molecule has 1 aliphatic rings. The summed E-state index contributed by atoms with van der Waals surface area (Å²) in [5, 5.41) is 0. The first kappa shape index (κ1) is 14.6. The van der Waals surface area contributed by atoms with E-state index in [0.29, 0.717) is 26.0 Å². The molecular weight excluding hydrogens is 238 g/mol. The topological polar surface area (TPSA) is 72.9 Å². The van der Waals surface area contributed by atoms with Gasteiger partial charge in [-0.1, -0.05) is 0 Å². The molecule has 6 nitrogen and oxygen atoms in total. The molecule has 0 aliphatic carbocycles. The first-order valence-corrected chi connectivity index (χ1v) is 6.08. The number of unbranched alkanes of at least 4 members (excludes halogenated alkanes) is 1. The number of hydrogen-bond acceptors (Lipinski definition) is 5. The number of nitrogens with zero attached hydrogens (tertiary/aromatic N) is 1. The van der Waals surface area contributed by atoms with E-state index in [2.05, 4.69) is 4.74 Å². The van der Waals surface area contributed by atoms with Crippen molar-refractivity contribution in [3.63, 3.8) is 0 Å². The van der Waals surface area contributed by atoms with Gasteiger partial charge in [0.05, 0.1) is 13.2 Å². The average Bonchev–Trinajstić information content (AvgIpc) is 2.74. The van der Waals surface area contributed by atoms with Crippen LogP contribution in [-0.2, 0) is 23.9 Å². The minimum absolute atomic E-state index is 0.0441. The summed E-state index contributed by atoms with van der Waals surface area (Å²) in [6.07, 6.45) is 3.42. The highest BCUT2D eigenvalue weighted by Gasteiger charge is 2.29. The van der Waals surface area contributed by atoms with E-state index in [1.54, 1.807) is 4.90 Å². The molecule has 0 bridgehead atoms. The molecule has 0 aromatic rings. The summed E-state index contributed by atoms with van der Waals surface area (Å²) in [7, 11) is 1.31. The van der Waals surface area contributed by atoms with Crippen LogP contribution in [0.5, 0.6) is 0 Å². The fourth-order valence-corrected chi connectivity index (χ4v) is 1.89. The molecule has 0 radical (unpaired) electrons. The first-order valence-electron chi connectivity index (χ1n) is 6.08. The second-order valence-corrected chi connectivity index (χ2v) is 4.17. The van der Waals surface area contributed by atoms with Crippen molar-refractivity contribution in [3.8, 4) is 0 Å². The van der Waals surface area contributed by atoms with E-state index in [-0.39, 0.29) is 18.6 Å². The van der Waals surface area contributed by atoms with Crippen LogP contribution >= 0.6 is 0 Å². The van der Waals surface area contributed by atoms with E-state index in [9.17, 15) is 14.4 Å². The van der Waals surface area contributed by atoms with E-state index in [0.717, 1.165) is 19.1 Å². The van der Waals surface area contributed by atoms with Crippen LogP contribution in [0.3, 0.4) is 0 Å². The lowest BCUT2D eigenvalue weighted by molar-refractivity contribution is -0.145. The van der Waals surface area contributed by atoms with E-state index >= 15 is 0 Å². The van der Waals surface area contributed by atoms with Gasteiger partial charge in [0.15, 0.2) is 0 Å². The summed E-state index contributed by atoms with van der Waals surface area (Å²) >= 11 is 0. The number of amides is 1. The summed E-state index contributed by atoms with van der Waals surface area (Å²) in [5.41, 5.74) is 0. The second-order valence-electron chi connectivity index (χ2n) is 4.17. The number of rotatable bonds is 8. The summed E-state index contributed by atoms with van der Waals surface area (Å²) in [6.45, 7) is 0.975. The van der Waals surface area contributed by atoms with Gasteiger partial charge in [0.25, 0.3) is 0 Å². The van der Waals surface area contributed by atoms with Crippen molar-refractivity contribution in [2.75, 3.05) is 26.9 Å². The fraction of sp³-hybridized carbons (Fsp3) is 0.750. The molecule has 0 aromatic carbocycles. The number of ether oxygens (including phenoxy) is 2. The van der Waals surface area contributed by atoms with E-state index in [1.165, 1.54) is 7.11 Å². The Bertz CT molecular complexity index is 305. The lowest BCUT2D eigenvalue weighted by Crippen LogP contribution is -2.34. The average molecular weight is 257 g/mol. The standard InChI is InChI=1S/C12H19NO5/c1-17-12(16)9-18-7-3-2-6-13-10(8-14)4-5-11(13)15/h8,10H,2-7,9H2,1H3/t10-/m1/s1. The Balaban J connectivity index is 2.08. The van der Waals surface area contributed by atoms with Gasteiger partial charge in [-0.25, -0.2) is 4.79 Å². The Hall–Kier alpha value is -1.43. The Morgan fingerprint density at radius 1 is 1.50 bits per heavy atom. The SMILES string of the molecule is COC(=O)COCCCCN1C(=O)CC[C@@H]1C=O. The van der Waals surface area contributed by atoms with E-state index in [4.69, 9.17) is 4.74 Å². The van der Waals surface area contributed by atoms with Crippen molar-refractivity contribution in [1.29, 1.82) is 0 Å². The molecule has 0 spiro atoms. The molecule has 0 unspecified atom stereocenters. The van der Waals surface area contributed by atoms with Crippen LogP contribution in [-0.4, -0.2) is 56.0 Å². The lowest BCUT2D eigenvalue weighted by Gasteiger charge is -2.20. The van der Waals surface area contributed by atoms with E-state index < -0.39 is 5.97 Å². The molecule has 1 aliphatic heterocycles. The van der Waals surface area contributed by atoms with Crippen LogP contribution in [0.4, 0.5) is 0 Å². The van der Waals surface area contributed by atoms with Gasteiger partial charge < -0.3 is 19.2 Å². The van der Waals surface area contributed by atoms with Crippen LogP contribution in [0.2, 0.25) is 0 Å². The smallest absolute Gasteiger partial charge is 0.331 e. The van der Waals surface area contributed by atoms with Crippen molar-refractivity contribution in [2.45, 2.75) is 31.7 Å². The molecule has 0 saturated carbocycles. The number of aldehydes is 1. The van der Waals surface area contributed by atoms with Crippen molar-refractivity contribution in [1.82, 2.24) is 4.90 Å². The number of carbonyl (C=O) groups is 3. The monoisotopic (exact) mass is 257 g/mol. The van der Waals surface area contributed by atoms with Crippen molar-refractivity contribution in [2.24, 2.45) is 0 Å². The highest BCUT2D eigenvalue weighted by Crippen LogP contribution is 2.17. The Morgan fingerprint density at radius 3 is 2.94 bits per heavy atom. The second kappa shape index (κ2) is 7.81. The molecule has 1 heterocycles. The Kier molecular flexibility index (Phi) is 6.35. The van der Waals surface area contributed by atoms with Gasteiger partial charge in [-0.05, 0) is 19.3 Å². The van der Waals surface area contributed by atoms with Crippen molar-refractivity contribution >= 4 is 18.2 Å². The van der Waals surface area contributed by atoms with Gasteiger partial charge >= 0.3 is 5.97 Å². The molecule has 1 atom stereocenters. The summed E-state index contributed by atoms with van der Waals surface area (Å²) in [5.74, 6) is -0.353. The quantitative estimate of drug-likeness (QED) is 0.351. The van der Waals surface area contributed by atoms with Crippen LogP contribution in [0.15, 0.2) is 0 Å². The highest BCUT2D eigenvalue weighted by atomic mass is 16.6. The summed E-state index contributed by atoms with van der Waals surface area (Å²) in [4.78, 5) is 34.6. The molecular formula is C12H19NO5. The van der Waals surface area contributed by atoms with Crippen LogP contribution in [0, 0.1) is 0 Å². The highest BCUT2D eigenvalue weighted by molar-refractivity contribution is 5.83. The molecule has 1 rings (SSSR count). The predicted molar refractivity (Wildman–Crippen MR) is 62.9 cm³/mol. The molecule has 1 fully saturated rings. The van der Waals surface area contributed by atoms with Gasteiger partial charge in [-0.15, -0.1) is 0 Å². The third kappa shape index (κ3) is 4.44. The number of hydrogen-bond donors (Lipinski definition) is 0. The van der Waals surface area contributed by atoms with Gasteiger partial charge in [0.2, 0.25) is 5.91 Å². The third-order valence-electron chi connectivity index (χ3n) is 2.92. The molecule has 1 amide bonds. The minimum Gasteiger partial charge on any atom is -0.467 e. The zero-order valence-corrected chi connectivity index (χ0v) is 10.6. The molecule has 102 valence electrons. The van der Waals surface area contributed by atoms with E-state index in [1.807, 2.05) is 0 Å². The number of carbonyl (C=O) groups excluding carboxylic acids is 3. The molecule has 6 heteroatoms. The van der Waals surface area contributed by atoms with Gasteiger partial charge in [0, 0.05) is 19.6 Å². The first-order chi connectivity index (χ1) is 8.69. The number of esters is 1.